The molecule has 2 heteroatoms. The molecule has 0 amide bonds. The van der Waals surface area contributed by atoms with Crippen LogP contribution in [0.3, 0.4) is 0 Å². The molecule has 0 fully saturated rings. The molecule has 0 atom stereocenters. The Kier molecular flexibility index (Phi) is 2.58. The molecule has 2 nitrogen and oxygen atoms in total. The van der Waals surface area contributed by atoms with Crippen molar-refractivity contribution in [2.24, 2.45) is 0 Å². The van der Waals surface area contributed by atoms with Crippen molar-refractivity contribution in [2.75, 3.05) is 11.5 Å². The van der Waals surface area contributed by atoms with Crippen molar-refractivity contribution in [3.63, 3.8) is 0 Å². The van der Waals surface area contributed by atoms with E-state index in [-0.39, 0.29) is 0 Å². The van der Waals surface area contributed by atoms with E-state index >= 15 is 0 Å². The second kappa shape index (κ2) is 3.48. The number of nitrogen functional groups attached to an aromatic ring is 2. The van der Waals surface area contributed by atoms with Crippen LogP contribution in [0.25, 0.3) is 0 Å². The average Bonchev–Trinajstić information content (AvgIpc) is 2.09. The zero-order chi connectivity index (χ0) is 9.14. The molecule has 0 radical (unpaired) electrons. The van der Waals surface area contributed by atoms with Gasteiger partial charge in [0.15, 0.2) is 0 Å². The summed E-state index contributed by atoms with van der Waals surface area (Å²) in [4.78, 5) is 0. The smallest absolute Gasteiger partial charge is 0.0580 e. The molecule has 1 rings (SSSR count). The molecule has 0 saturated carbocycles. The van der Waals surface area contributed by atoms with E-state index in [2.05, 4.69) is 19.9 Å². The highest BCUT2D eigenvalue weighted by Crippen LogP contribution is 2.22. The van der Waals surface area contributed by atoms with Crippen molar-refractivity contribution < 1.29 is 0 Å². The van der Waals surface area contributed by atoms with E-state index in [9.17, 15) is 0 Å². The summed E-state index contributed by atoms with van der Waals surface area (Å²) in [5.41, 5.74) is 15.4. The molecule has 0 aliphatic rings. The fraction of sp³-hybridized carbons (Fsp3) is 0.400. The van der Waals surface area contributed by atoms with Gasteiger partial charge in [-0.25, -0.2) is 0 Å². The van der Waals surface area contributed by atoms with Gasteiger partial charge in [0.05, 0.1) is 11.4 Å². The lowest BCUT2D eigenvalue weighted by molar-refractivity contribution is 1.09. The van der Waals surface area contributed by atoms with E-state index in [4.69, 9.17) is 11.5 Å². The number of aryl methyl sites for hydroxylation is 2. The second-order valence-electron chi connectivity index (χ2n) is 2.96. The topological polar surface area (TPSA) is 52.0 Å². The van der Waals surface area contributed by atoms with Crippen LogP contribution in [-0.4, -0.2) is 0 Å². The molecule has 1 aromatic rings. The summed E-state index contributed by atoms with van der Waals surface area (Å²) in [6.45, 7) is 4.20. The Morgan fingerprint density at radius 1 is 1.08 bits per heavy atom. The fourth-order valence-corrected chi connectivity index (χ4v) is 1.30. The molecule has 0 bridgehead atoms. The SMILES string of the molecule is CCc1cc(N)c(N)c(CC)c1. The largest absolute Gasteiger partial charge is 0.397 e. The molecule has 0 aliphatic carbocycles. The second-order valence-corrected chi connectivity index (χ2v) is 2.96. The molecule has 0 saturated heterocycles. The van der Waals surface area contributed by atoms with Crippen LogP contribution in [0.15, 0.2) is 12.1 Å². The van der Waals surface area contributed by atoms with Gasteiger partial charge >= 0.3 is 0 Å². The molecule has 0 spiro atoms. The highest BCUT2D eigenvalue weighted by Gasteiger charge is 2.02. The van der Waals surface area contributed by atoms with Gasteiger partial charge in [-0.3, -0.25) is 0 Å². The molecule has 0 aromatic heterocycles. The lowest BCUT2D eigenvalue weighted by atomic mass is 10.0. The quantitative estimate of drug-likeness (QED) is 0.657. The van der Waals surface area contributed by atoms with Gasteiger partial charge in [-0.15, -0.1) is 0 Å². The van der Waals surface area contributed by atoms with Crippen molar-refractivity contribution in [1.82, 2.24) is 0 Å². The standard InChI is InChI=1S/C10H16N2/c1-3-7-5-8(4-2)10(12)9(11)6-7/h5-6H,3-4,11-12H2,1-2H3. The minimum Gasteiger partial charge on any atom is -0.397 e. The van der Waals surface area contributed by atoms with Crippen LogP contribution in [0, 0.1) is 0 Å². The Labute approximate surface area is 73.6 Å². The Hall–Kier alpha value is -1.18. The monoisotopic (exact) mass is 164 g/mol. The summed E-state index contributed by atoms with van der Waals surface area (Å²) in [5, 5.41) is 0. The average molecular weight is 164 g/mol. The number of nitrogens with two attached hydrogens (primary N) is 2. The first-order valence-electron chi connectivity index (χ1n) is 4.35. The molecule has 0 heterocycles. The summed E-state index contributed by atoms with van der Waals surface area (Å²) < 4.78 is 0. The lowest BCUT2D eigenvalue weighted by Crippen LogP contribution is -2.00. The summed E-state index contributed by atoms with van der Waals surface area (Å²) in [7, 11) is 0. The van der Waals surface area contributed by atoms with Crippen LogP contribution in [0.4, 0.5) is 11.4 Å². The van der Waals surface area contributed by atoms with E-state index in [1.165, 1.54) is 5.56 Å². The van der Waals surface area contributed by atoms with Crippen LogP contribution >= 0.6 is 0 Å². The summed E-state index contributed by atoms with van der Waals surface area (Å²) in [6, 6.07) is 4.08. The third-order valence-electron chi connectivity index (χ3n) is 2.15. The third kappa shape index (κ3) is 1.52. The van der Waals surface area contributed by atoms with Crippen molar-refractivity contribution in [1.29, 1.82) is 0 Å². The molecule has 4 N–H and O–H groups in total. The van der Waals surface area contributed by atoms with E-state index in [0.717, 1.165) is 24.1 Å². The van der Waals surface area contributed by atoms with Gasteiger partial charge in [-0.2, -0.15) is 0 Å². The maximum Gasteiger partial charge on any atom is 0.0580 e. The molecule has 0 unspecified atom stereocenters. The Bertz CT molecular complexity index is 279. The van der Waals surface area contributed by atoms with Gasteiger partial charge in [-0.1, -0.05) is 19.9 Å². The minimum absolute atomic E-state index is 0.714. The highest BCUT2D eigenvalue weighted by molar-refractivity contribution is 5.68. The van der Waals surface area contributed by atoms with Gasteiger partial charge < -0.3 is 11.5 Å². The number of rotatable bonds is 2. The first-order valence-corrected chi connectivity index (χ1v) is 4.35. The number of anilines is 2. The normalized spacial score (nSPS) is 10.2. The predicted molar refractivity (Wildman–Crippen MR) is 54.0 cm³/mol. The molecule has 66 valence electrons. The zero-order valence-corrected chi connectivity index (χ0v) is 7.72. The molecule has 1 aromatic carbocycles. The van der Waals surface area contributed by atoms with Crippen LogP contribution in [0.2, 0.25) is 0 Å². The van der Waals surface area contributed by atoms with Crippen LogP contribution in [-0.2, 0) is 12.8 Å². The molecular weight excluding hydrogens is 148 g/mol. The molecule has 0 aliphatic heterocycles. The van der Waals surface area contributed by atoms with Gasteiger partial charge in [0.2, 0.25) is 0 Å². The predicted octanol–water partition coefficient (Wildman–Crippen LogP) is 1.98. The van der Waals surface area contributed by atoms with Crippen molar-refractivity contribution >= 4 is 11.4 Å². The van der Waals surface area contributed by atoms with Crippen LogP contribution in [0.5, 0.6) is 0 Å². The van der Waals surface area contributed by atoms with Crippen LogP contribution in [0.1, 0.15) is 25.0 Å². The molecule has 12 heavy (non-hydrogen) atoms. The number of hydrogen-bond acceptors (Lipinski definition) is 2. The first kappa shape index (κ1) is 8.91. The molecular formula is C10H16N2. The van der Waals surface area contributed by atoms with Gasteiger partial charge in [0.1, 0.15) is 0 Å². The van der Waals surface area contributed by atoms with E-state index < -0.39 is 0 Å². The van der Waals surface area contributed by atoms with E-state index in [1.807, 2.05) is 6.07 Å². The third-order valence-corrected chi connectivity index (χ3v) is 2.15. The Morgan fingerprint density at radius 2 is 1.75 bits per heavy atom. The van der Waals surface area contributed by atoms with Crippen molar-refractivity contribution in [3.05, 3.63) is 23.3 Å². The lowest BCUT2D eigenvalue weighted by Gasteiger charge is -2.08. The Balaban J connectivity index is 3.19. The summed E-state index contributed by atoms with van der Waals surface area (Å²) in [5.74, 6) is 0. The highest BCUT2D eigenvalue weighted by atomic mass is 14.7. The zero-order valence-electron chi connectivity index (χ0n) is 7.72. The summed E-state index contributed by atoms with van der Waals surface area (Å²) in [6.07, 6.45) is 1.96. The van der Waals surface area contributed by atoms with Crippen LogP contribution < -0.4 is 11.5 Å². The van der Waals surface area contributed by atoms with Gasteiger partial charge in [-0.05, 0) is 30.0 Å². The van der Waals surface area contributed by atoms with Crippen molar-refractivity contribution in [2.45, 2.75) is 26.7 Å². The van der Waals surface area contributed by atoms with Gasteiger partial charge in [0, 0.05) is 0 Å². The van der Waals surface area contributed by atoms with E-state index in [0.29, 0.717) is 5.69 Å². The maximum atomic E-state index is 5.79. The number of benzene rings is 1. The fourth-order valence-electron chi connectivity index (χ4n) is 1.30. The number of hydrogen-bond donors (Lipinski definition) is 2. The summed E-state index contributed by atoms with van der Waals surface area (Å²) >= 11 is 0. The van der Waals surface area contributed by atoms with E-state index in [1.54, 1.807) is 0 Å². The maximum absolute atomic E-state index is 5.79. The van der Waals surface area contributed by atoms with Gasteiger partial charge in [0.25, 0.3) is 0 Å². The minimum atomic E-state index is 0.714. The first-order chi connectivity index (χ1) is 5.69. The van der Waals surface area contributed by atoms with Crippen molar-refractivity contribution in [3.8, 4) is 0 Å². The Morgan fingerprint density at radius 3 is 2.25 bits per heavy atom.